The fraction of sp³-hybridized carbons (Fsp3) is 1.00. The Bertz CT molecular complexity index is 337. The van der Waals surface area contributed by atoms with E-state index in [1.54, 1.807) is 0 Å². The maximum atomic E-state index is 11.5. The molecular weight excluding hydrogens is 214 g/mol. The summed E-state index contributed by atoms with van der Waals surface area (Å²) in [4.78, 5) is 0. The predicted octanol–water partition coefficient (Wildman–Crippen LogP) is 0.0666. The molecule has 5 heteroatoms. The second-order valence-corrected chi connectivity index (χ2v) is 7.20. The largest absolute Gasteiger partial charge is 0.387 e. The van der Waals surface area contributed by atoms with Crippen molar-refractivity contribution in [3.63, 3.8) is 0 Å². The average molecular weight is 233 g/mol. The molecule has 0 radical (unpaired) electrons. The van der Waals surface area contributed by atoms with Crippen molar-refractivity contribution in [2.45, 2.75) is 49.0 Å². The van der Waals surface area contributed by atoms with Crippen LogP contribution >= 0.6 is 0 Å². The van der Waals surface area contributed by atoms with E-state index < -0.39 is 20.7 Å². The highest BCUT2D eigenvalue weighted by Crippen LogP contribution is 2.35. The maximum absolute atomic E-state index is 11.5. The third kappa shape index (κ3) is 2.52. The highest BCUT2D eigenvalue weighted by molar-refractivity contribution is 7.91. The van der Waals surface area contributed by atoms with Crippen LogP contribution in [0.4, 0.5) is 0 Å². The summed E-state index contributed by atoms with van der Waals surface area (Å²) in [6.45, 7) is 0.426. The Kier molecular flexibility index (Phi) is 2.81. The van der Waals surface area contributed by atoms with Crippen molar-refractivity contribution in [2.75, 3.05) is 12.8 Å². The Morgan fingerprint density at radius 2 is 2.07 bits per heavy atom. The molecule has 0 saturated heterocycles. The monoisotopic (exact) mass is 233 g/mol. The van der Waals surface area contributed by atoms with Crippen molar-refractivity contribution in [1.29, 1.82) is 0 Å². The van der Waals surface area contributed by atoms with Crippen LogP contribution in [0.25, 0.3) is 0 Å². The molecule has 0 aliphatic heterocycles. The highest BCUT2D eigenvalue weighted by Gasteiger charge is 2.47. The van der Waals surface area contributed by atoms with Gasteiger partial charge in [0.25, 0.3) is 0 Å². The highest BCUT2D eigenvalue weighted by atomic mass is 32.2. The van der Waals surface area contributed by atoms with E-state index in [1.807, 2.05) is 0 Å². The Balaban J connectivity index is 2.03. The maximum Gasteiger partial charge on any atom is 0.153 e. The average Bonchev–Trinajstić information content (AvgIpc) is 2.85. The van der Waals surface area contributed by atoms with Crippen LogP contribution in [0.15, 0.2) is 0 Å². The summed E-state index contributed by atoms with van der Waals surface area (Å²) in [5.41, 5.74) is -1.03. The lowest BCUT2D eigenvalue weighted by Gasteiger charge is -2.29. The molecule has 0 amide bonds. The molecule has 0 aromatic heterocycles. The standard InChI is InChI=1S/C10H19NO3S/c1-15(13,14)9-3-2-6-10(9,12)7-11-8-4-5-8/h8-9,11-12H,2-7H2,1H3. The van der Waals surface area contributed by atoms with Gasteiger partial charge in [-0.1, -0.05) is 0 Å². The molecule has 2 saturated carbocycles. The van der Waals surface area contributed by atoms with Crippen LogP contribution in [0.1, 0.15) is 32.1 Å². The topological polar surface area (TPSA) is 66.4 Å². The van der Waals surface area contributed by atoms with Crippen molar-refractivity contribution in [2.24, 2.45) is 0 Å². The minimum Gasteiger partial charge on any atom is -0.387 e. The summed E-state index contributed by atoms with van der Waals surface area (Å²) in [6, 6.07) is 0.509. The summed E-state index contributed by atoms with van der Waals surface area (Å²) in [6.07, 6.45) is 5.54. The SMILES string of the molecule is CS(=O)(=O)C1CCCC1(O)CNC1CC1. The lowest BCUT2D eigenvalue weighted by atomic mass is 10.0. The van der Waals surface area contributed by atoms with Crippen molar-refractivity contribution < 1.29 is 13.5 Å². The van der Waals surface area contributed by atoms with Gasteiger partial charge in [0.15, 0.2) is 9.84 Å². The zero-order valence-corrected chi connectivity index (χ0v) is 9.89. The summed E-state index contributed by atoms with van der Waals surface area (Å²) in [5.74, 6) is 0. The van der Waals surface area contributed by atoms with E-state index in [-0.39, 0.29) is 0 Å². The van der Waals surface area contributed by atoms with E-state index in [2.05, 4.69) is 5.32 Å². The van der Waals surface area contributed by atoms with Gasteiger partial charge in [-0.25, -0.2) is 8.42 Å². The molecule has 2 unspecified atom stereocenters. The first-order valence-corrected chi connectivity index (χ1v) is 7.52. The molecule has 2 aliphatic rings. The number of rotatable bonds is 4. The van der Waals surface area contributed by atoms with Crippen molar-refractivity contribution in [1.82, 2.24) is 5.32 Å². The van der Waals surface area contributed by atoms with Crippen molar-refractivity contribution in [3.8, 4) is 0 Å². The van der Waals surface area contributed by atoms with Crippen LogP contribution in [0.5, 0.6) is 0 Å². The molecule has 0 bridgehead atoms. The van der Waals surface area contributed by atoms with Gasteiger partial charge >= 0.3 is 0 Å². The van der Waals surface area contributed by atoms with E-state index >= 15 is 0 Å². The molecule has 4 nitrogen and oxygen atoms in total. The second-order valence-electron chi connectivity index (χ2n) is 4.97. The molecule has 88 valence electrons. The van der Waals surface area contributed by atoms with Gasteiger partial charge in [0, 0.05) is 18.8 Å². The molecule has 0 heterocycles. The fourth-order valence-electron chi connectivity index (χ4n) is 2.45. The van der Waals surface area contributed by atoms with E-state index in [4.69, 9.17) is 0 Å². The normalized spacial score (nSPS) is 37.1. The van der Waals surface area contributed by atoms with E-state index in [0.29, 0.717) is 25.4 Å². The van der Waals surface area contributed by atoms with Crippen LogP contribution in [0.2, 0.25) is 0 Å². The quantitative estimate of drug-likeness (QED) is 0.721. The summed E-state index contributed by atoms with van der Waals surface area (Å²) in [5, 5.41) is 13.0. The number of nitrogens with one attached hydrogen (secondary N) is 1. The predicted molar refractivity (Wildman–Crippen MR) is 58.5 cm³/mol. The van der Waals surface area contributed by atoms with Crippen LogP contribution in [0.3, 0.4) is 0 Å². The minimum atomic E-state index is -3.13. The van der Waals surface area contributed by atoms with Crippen LogP contribution in [-0.2, 0) is 9.84 Å². The Morgan fingerprint density at radius 3 is 2.60 bits per heavy atom. The third-order valence-corrected chi connectivity index (χ3v) is 5.17. The number of sulfone groups is 1. The first-order chi connectivity index (χ1) is 6.92. The molecule has 2 atom stereocenters. The van der Waals surface area contributed by atoms with Crippen LogP contribution < -0.4 is 5.32 Å². The number of hydrogen-bond donors (Lipinski definition) is 2. The van der Waals surface area contributed by atoms with E-state index in [0.717, 1.165) is 19.3 Å². The first kappa shape index (κ1) is 11.4. The van der Waals surface area contributed by atoms with Crippen LogP contribution in [0, 0.1) is 0 Å². The molecule has 0 spiro atoms. The number of aliphatic hydroxyl groups is 1. The van der Waals surface area contributed by atoms with E-state index in [1.165, 1.54) is 6.26 Å². The van der Waals surface area contributed by atoms with Gasteiger partial charge in [0.1, 0.15) is 0 Å². The van der Waals surface area contributed by atoms with Gasteiger partial charge in [-0.05, 0) is 32.1 Å². The second kappa shape index (κ2) is 3.71. The van der Waals surface area contributed by atoms with Gasteiger partial charge < -0.3 is 10.4 Å². The van der Waals surface area contributed by atoms with Gasteiger partial charge in [-0.3, -0.25) is 0 Å². The molecular formula is C10H19NO3S. The van der Waals surface area contributed by atoms with Gasteiger partial charge in [-0.2, -0.15) is 0 Å². The van der Waals surface area contributed by atoms with E-state index in [9.17, 15) is 13.5 Å². The molecule has 2 N–H and O–H groups in total. The zero-order chi connectivity index (χ0) is 11.1. The van der Waals surface area contributed by atoms with Crippen molar-refractivity contribution in [3.05, 3.63) is 0 Å². The molecule has 0 aromatic rings. The van der Waals surface area contributed by atoms with Gasteiger partial charge in [0.2, 0.25) is 0 Å². The lowest BCUT2D eigenvalue weighted by Crippen LogP contribution is -2.50. The molecule has 2 rings (SSSR count). The Hall–Kier alpha value is -0.130. The Morgan fingerprint density at radius 1 is 1.40 bits per heavy atom. The van der Waals surface area contributed by atoms with Crippen molar-refractivity contribution >= 4 is 9.84 Å². The van der Waals surface area contributed by atoms with Gasteiger partial charge in [-0.15, -0.1) is 0 Å². The molecule has 2 aliphatic carbocycles. The van der Waals surface area contributed by atoms with Crippen LogP contribution in [-0.4, -0.2) is 43.2 Å². The lowest BCUT2D eigenvalue weighted by molar-refractivity contribution is 0.0504. The third-order valence-electron chi connectivity index (χ3n) is 3.47. The summed E-state index contributed by atoms with van der Waals surface area (Å²) in [7, 11) is -3.13. The molecule has 2 fully saturated rings. The summed E-state index contributed by atoms with van der Waals surface area (Å²) >= 11 is 0. The Labute approximate surface area is 91.0 Å². The zero-order valence-electron chi connectivity index (χ0n) is 9.07. The first-order valence-electron chi connectivity index (χ1n) is 5.56. The minimum absolute atomic E-state index is 0.426. The molecule has 15 heavy (non-hydrogen) atoms. The van der Waals surface area contributed by atoms with Gasteiger partial charge in [0.05, 0.1) is 10.9 Å². The smallest absolute Gasteiger partial charge is 0.153 e. The summed E-state index contributed by atoms with van der Waals surface area (Å²) < 4.78 is 23.0. The molecule has 0 aromatic carbocycles. The number of hydrogen-bond acceptors (Lipinski definition) is 4. The fourth-order valence-corrected chi connectivity index (χ4v) is 4.04.